The molecule has 0 spiro atoms. The summed E-state index contributed by atoms with van der Waals surface area (Å²) in [5, 5.41) is 0. The number of aromatic nitrogens is 1. The lowest BCUT2D eigenvalue weighted by molar-refractivity contribution is 0.327. The van der Waals surface area contributed by atoms with E-state index in [1.807, 2.05) is 49.9 Å². The number of sulfonamides is 1. The Labute approximate surface area is 143 Å². The van der Waals surface area contributed by atoms with E-state index in [1.165, 1.54) is 0 Å². The summed E-state index contributed by atoms with van der Waals surface area (Å²) >= 11 is 0. The van der Waals surface area contributed by atoms with Gasteiger partial charge in [-0.15, -0.1) is 0 Å². The highest BCUT2D eigenvalue weighted by Gasteiger charge is 2.39. The lowest BCUT2D eigenvalue weighted by Crippen LogP contribution is -2.33. The van der Waals surface area contributed by atoms with Crippen LogP contribution in [0.3, 0.4) is 0 Å². The van der Waals surface area contributed by atoms with Gasteiger partial charge < -0.3 is 9.30 Å². The molecule has 1 aliphatic rings. The smallest absolute Gasteiger partial charge is 0.247 e. The summed E-state index contributed by atoms with van der Waals surface area (Å²) in [7, 11) is -1.68. The van der Waals surface area contributed by atoms with Gasteiger partial charge >= 0.3 is 0 Å². The van der Waals surface area contributed by atoms with Crippen molar-refractivity contribution in [1.29, 1.82) is 0 Å². The van der Waals surface area contributed by atoms with E-state index in [9.17, 15) is 8.42 Å². The van der Waals surface area contributed by atoms with Gasteiger partial charge in [0, 0.05) is 25.0 Å². The van der Waals surface area contributed by atoms with E-state index in [-0.39, 0.29) is 10.9 Å². The third kappa shape index (κ3) is 3.35. The Morgan fingerprint density at radius 1 is 1.29 bits per heavy atom. The van der Waals surface area contributed by atoms with Crippen LogP contribution in [0.15, 0.2) is 41.4 Å². The molecule has 0 unspecified atom stereocenters. The fourth-order valence-electron chi connectivity index (χ4n) is 2.81. The second-order valence-electron chi connectivity index (χ2n) is 6.28. The minimum Gasteiger partial charge on any atom is -0.492 e. The maximum Gasteiger partial charge on any atom is 0.247 e. The first-order chi connectivity index (χ1) is 11.4. The first-order valence-corrected chi connectivity index (χ1v) is 9.73. The first kappa shape index (κ1) is 17.0. The summed E-state index contributed by atoms with van der Waals surface area (Å²) in [5.41, 5.74) is 1.89. The Hall–Kier alpha value is -1.79. The minimum absolute atomic E-state index is 0.0832. The predicted molar refractivity (Wildman–Crippen MR) is 93.5 cm³/mol. The van der Waals surface area contributed by atoms with Gasteiger partial charge in [-0.2, -0.15) is 4.31 Å². The van der Waals surface area contributed by atoms with Gasteiger partial charge in [-0.3, -0.25) is 0 Å². The van der Waals surface area contributed by atoms with Crippen molar-refractivity contribution >= 4 is 10.0 Å². The summed E-state index contributed by atoms with van der Waals surface area (Å²) in [6.07, 6.45) is 3.77. The number of hydrogen-bond donors (Lipinski definition) is 0. The second kappa shape index (κ2) is 6.61. The van der Waals surface area contributed by atoms with Crippen molar-refractivity contribution in [3.63, 3.8) is 0 Å². The third-order valence-corrected chi connectivity index (χ3v) is 6.23. The minimum atomic E-state index is -3.61. The Morgan fingerprint density at radius 2 is 2.04 bits per heavy atom. The molecule has 1 heterocycles. The van der Waals surface area contributed by atoms with Gasteiger partial charge in [0.2, 0.25) is 10.0 Å². The maximum absolute atomic E-state index is 13.3. The van der Waals surface area contributed by atoms with Crippen LogP contribution >= 0.6 is 0 Å². The molecule has 6 heteroatoms. The molecule has 1 aromatic heterocycles. The lowest BCUT2D eigenvalue weighted by atomic mass is 10.2. The molecule has 5 nitrogen and oxygen atoms in total. The first-order valence-electron chi connectivity index (χ1n) is 8.29. The molecule has 0 aliphatic heterocycles. The second-order valence-corrected chi connectivity index (χ2v) is 8.13. The third-order valence-electron chi connectivity index (χ3n) is 4.31. The Morgan fingerprint density at radius 3 is 2.62 bits per heavy atom. The molecule has 1 fully saturated rings. The van der Waals surface area contributed by atoms with E-state index in [0.717, 1.165) is 24.1 Å². The molecule has 24 heavy (non-hydrogen) atoms. The Bertz CT molecular complexity index is 823. The Kier molecular flexibility index (Phi) is 4.69. The van der Waals surface area contributed by atoms with E-state index < -0.39 is 10.0 Å². The molecule has 130 valence electrons. The molecular formula is C18H24N2O3S. The van der Waals surface area contributed by atoms with Crippen molar-refractivity contribution in [3.05, 3.63) is 47.8 Å². The molecule has 0 N–H and O–H groups in total. The van der Waals surface area contributed by atoms with Crippen molar-refractivity contribution in [1.82, 2.24) is 8.87 Å². The van der Waals surface area contributed by atoms with Crippen molar-refractivity contribution in [2.45, 2.75) is 44.2 Å². The summed E-state index contributed by atoms with van der Waals surface area (Å²) < 4.78 is 35.8. The fourth-order valence-corrected chi connectivity index (χ4v) is 4.69. The number of ether oxygens (including phenoxy) is 1. The largest absolute Gasteiger partial charge is 0.492 e. The molecular weight excluding hydrogens is 324 g/mol. The normalized spacial score (nSPS) is 15.0. The number of rotatable bonds is 7. The number of aryl methyl sites for hydroxylation is 2. The van der Waals surface area contributed by atoms with Crippen LogP contribution in [-0.2, 0) is 23.6 Å². The zero-order chi connectivity index (χ0) is 17.3. The summed E-state index contributed by atoms with van der Waals surface area (Å²) in [6, 6.07) is 9.32. The number of benzene rings is 1. The average molecular weight is 348 g/mol. The summed E-state index contributed by atoms with van der Waals surface area (Å²) in [4.78, 5) is 0.269. The van der Waals surface area contributed by atoms with Gasteiger partial charge in [-0.05, 0) is 56.5 Å². The zero-order valence-corrected chi connectivity index (χ0v) is 15.2. The maximum atomic E-state index is 13.3. The molecule has 0 radical (unpaired) electrons. The highest BCUT2D eigenvalue weighted by atomic mass is 32.2. The van der Waals surface area contributed by atoms with Crippen LogP contribution in [0.2, 0.25) is 0 Å². The van der Waals surface area contributed by atoms with Gasteiger partial charge in [-0.1, -0.05) is 6.07 Å². The molecule has 0 bridgehead atoms. The number of hydrogen-bond acceptors (Lipinski definition) is 3. The molecule has 1 saturated carbocycles. The van der Waals surface area contributed by atoms with Gasteiger partial charge in [0.25, 0.3) is 0 Å². The monoisotopic (exact) mass is 348 g/mol. The zero-order valence-electron chi connectivity index (χ0n) is 14.4. The molecule has 1 aliphatic carbocycles. The van der Waals surface area contributed by atoms with Crippen LogP contribution in [-0.4, -0.2) is 29.9 Å². The highest BCUT2D eigenvalue weighted by molar-refractivity contribution is 7.89. The predicted octanol–water partition coefficient (Wildman–Crippen LogP) is 3.09. The standard InChI is InChI=1S/C18H24N2O3S/c1-4-23-17-10-7-14(2)12-18(17)24(21,22)20(15-8-9-15)13-16-6-5-11-19(16)3/h5-7,10-12,15H,4,8-9,13H2,1-3H3. The average Bonchev–Trinajstić information content (AvgIpc) is 3.29. The van der Waals surface area contributed by atoms with Crippen LogP contribution in [0.1, 0.15) is 31.0 Å². The summed E-state index contributed by atoms with van der Waals surface area (Å²) in [6.45, 7) is 4.58. The molecule has 3 rings (SSSR count). The van der Waals surface area contributed by atoms with Crippen LogP contribution in [0.5, 0.6) is 5.75 Å². The summed E-state index contributed by atoms with van der Waals surface area (Å²) in [5.74, 6) is 0.431. The number of nitrogens with zero attached hydrogens (tertiary/aromatic N) is 2. The van der Waals surface area contributed by atoms with Gasteiger partial charge in [0.15, 0.2) is 0 Å². The van der Waals surface area contributed by atoms with Crippen molar-refractivity contribution in [2.24, 2.45) is 7.05 Å². The van der Waals surface area contributed by atoms with E-state index in [4.69, 9.17) is 4.74 Å². The van der Waals surface area contributed by atoms with Crippen LogP contribution in [0.25, 0.3) is 0 Å². The molecule has 0 amide bonds. The van der Waals surface area contributed by atoms with Crippen LogP contribution < -0.4 is 4.74 Å². The molecule has 2 aromatic rings. The van der Waals surface area contributed by atoms with Gasteiger partial charge in [-0.25, -0.2) is 8.42 Å². The van der Waals surface area contributed by atoms with Crippen molar-refractivity contribution < 1.29 is 13.2 Å². The van der Waals surface area contributed by atoms with E-state index in [2.05, 4.69) is 0 Å². The van der Waals surface area contributed by atoms with Gasteiger partial charge in [0.05, 0.1) is 13.2 Å². The van der Waals surface area contributed by atoms with E-state index in [0.29, 0.717) is 18.9 Å². The van der Waals surface area contributed by atoms with Crippen LogP contribution in [0.4, 0.5) is 0 Å². The fraction of sp³-hybridized carbons (Fsp3) is 0.444. The van der Waals surface area contributed by atoms with Crippen molar-refractivity contribution in [3.8, 4) is 5.75 Å². The van der Waals surface area contributed by atoms with Crippen LogP contribution in [0, 0.1) is 6.92 Å². The Balaban J connectivity index is 2.01. The molecule has 0 atom stereocenters. The highest BCUT2D eigenvalue weighted by Crippen LogP contribution is 2.36. The quantitative estimate of drug-likeness (QED) is 0.773. The topological polar surface area (TPSA) is 51.5 Å². The van der Waals surface area contributed by atoms with E-state index in [1.54, 1.807) is 16.4 Å². The van der Waals surface area contributed by atoms with Crippen molar-refractivity contribution in [2.75, 3.05) is 6.61 Å². The molecule has 0 saturated heterocycles. The molecule has 1 aromatic carbocycles. The SMILES string of the molecule is CCOc1ccc(C)cc1S(=O)(=O)N(Cc1cccn1C)C1CC1. The van der Waals surface area contributed by atoms with E-state index >= 15 is 0 Å². The van der Waals surface area contributed by atoms with Gasteiger partial charge in [0.1, 0.15) is 10.6 Å². The lowest BCUT2D eigenvalue weighted by Gasteiger charge is -2.24.